The maximum absolute atomic E-state index is 12.9. The summed E-state index contributed by atoms with van der Waals surface area (Å²) in [7, 11) is 3.14. The van der Waals surface area contributed by atoms with Crippen LogP contribution in [0.4, 0.5) is 5.69 Å². The SMILES string of the molecule is COc1cc2cc(CN(Cc3ccco3)C(=S)Nc3cccc(C)c3)c(=O)[nH]c2cc1OC. The van der Waals surface area contributed by atoms with Crippen LogP contribution in [0.1, 0.15) is 16.9 Å². The van der Waals surface area contributed by atoms with E-state index in [1.165, 1.54) is 0 Å². The fourth-order valence-electron chi connectivity index (χ4n) is 3.62. The molecule has 170 valence electrons. The number of hydrogen-bond donors (Lipinski definition) is 2. The molecule has 0 saturated carbocycles. The van der Waals surface area contributed by atoms with Gasteiger partial charge in [-0.3, -0.25) is 4.79 Å². The molecule has 0 aliphatic heterocycles. The molecule has 0 spiro atoms. The molecule has 0 radical (unpaired) electrons. The van der Waals surface area contributed by atoms with E-state index < -0.39 is 0 Å². The number of furan rings is 1. The largest absolute Gasteiger partial charge is 0.493 e. The van der Waals surface area contributed by atoms with E-state index in [9.17, 15) is 4.79 Å². The Kier molecular flexibility index (Phi) is 6.65. The van der Waals surface area contributed by atoms with Crippen molar-refractivity contribution in [1.29, 1.82) is 0 Å². The van der Waals surface area contributed by atoms with Crippen LogP contribution in [0.2, 0.25) is 0 Å². The van der Waals surface area contributed by atoms with E-state index in [-0.39, 0.29) is 12.1 Å². The van der Waals surface area contributed by atoms with Gasteiger partial charge in [0.05, 0.1) is 39.1 Å². The van der Waals surface area contributed by atoms with Crippen molar-refractivity contribution in [3.63, 3.8) is 0 Å². The Hall–Kier alpha value is -3.78. The van der Waals surface area contributed by atoms with E-state index in [0.717, 1.165) is 22.4 Å². The number of pyridine rings is 1. The Labute approximate surface area is 196 Å². The van der Waals surface area contributed by atoms with Crippen LogP contribution in [-0.4, -0.2) is 29.2 Å². The lowest BCUT2D eigenvalue weighted by molar-refractivity contribution is 0.355. The van der Waals surface area contributed by atoms with Crippen LogP contribution in [0, 0.1) is 6.92 Å². The van der Waals surface area contributed by atoms with Gasteiger partial charge in [-0.05, 0) is 61.1 Å². The highest BCUT2D eigenvalue weighted by Crippen LogP contribution is 2.31. The number of anilines is 1. The third-order valence-corrected chi connectivity index (χ3v) is 5.63. The van der Waals surface area contributed by atoms with Crippen LogP contribution in [-0.2, 0) is 13.1 Å². The molecule has 0 aliphatic carbocycles. The average molecular weight is 464 g/mol. The molecular weight excluding hydrogens is 438 g/mol. The van der Waals surface area contributed by atoms with E-state index in [0.29, 0.717) is 34.2 Å². The topological polar surface area (TPSA) is 79.7 Å². The molecule has 8 heteroatoms. The zero-order valence-electron chi connectivity index (χ0n) is 18.7. The number of hydrogen-bond acceptors (Lipinski definition) is 5. The Bertz CT molecular complexity index is 1330. The predicted molar refractivity (Wildman–Crippen MR) is 133 cm³/mol. The van der Waals surface area contributed by atoms with E-state index in [2.05, 4.69) is 10.3 Å². The van der Waals surface area contributed by atoms with Gasteiger partial charge >= 0.3 is 0 Å². The normalized spacial score (nSPS) is 10.8. The van der Waals surface area contributed by atoms with E-state index in [4.69, 9.17) is 26.1 Å². The predicted octanol–water partition coefficient (Wildman–Crippen LogP) is 4.85. The van der Waals surface area contributed by atoms with E-state index >= 15 is 0 Å². The molecule has 4 rings (SSSR count). The van der Waals surface area contributed by atoms with Crippen molar-refractivity contribution >= 4 is 33.9 Å². The number of fused-ring (bicyclic) bond motifs is 1. The monoisotopic (exact) mass is 463 g/mol. The molecule has 0 atom stereocenters. The van der Waals surface area contributed by atoms with Gasteiger partial charge in [0, 0.05) is 22.7 Å². The molecule has 0 amide bonds. The van der Waals surface area contributed by atoms with Gasteiger partial charge in [0.1, 0.15) is 5.76 Å². The fourth-order valence-corrected chi connectivity index (χ4v) is 3.86. The van der Waals surface area contributed by atoms with Gasteiger partial charge in [-0.1, -0.05) is 12.1 Å². The number of nitrogens with zero attached hydrogens (tertiary/aromatic N) is 1. The summed E-state index contributed by atoms with van der Waals surface area (Å²) < 4.78 is 16.3. The molecule has 2 N–H and O–H groups in total. The first kappa shape index (κ1) is 22.4. The Morgan fingerprint density at radius 2 is 1.85 bits per heavy atom. The van der Waals surface area contributed by atoms with Crippen molar-refractivity contribution in [2.24, 2.45) is 0 Å². The molecular formula is C25H25N3O4S. The second-order valence-corrected chi connectivity index (χ2v) is 8.04. The molecule has 0 bridgehead atoms. The summed E-state index contributed by atoms with van der Waals surface area (Å²) in [4.78, 5) is 17.7. The lowest BCUT2D eigenvalue weighted by atomic mass is 10.1. The number of H-pyrrole nitrogens is 1. The molecule has 0 saturated heterocycles. The third kappa shape index (κ3) is 5.18. The van der Waals surface area contributed by atoms with Gasteiger partial charge in [0.25, 0.3) is 5.56 Å². The number of aromatic amines is 1. The lowest BCUT2D eigenvalue weighted by Gasteiger charge is -2.25. The highest BCUT2D eigenvalue weighted by Gasteiger charge is 2.16. The zero-order valence-corrected chi connectivity index (χ0v) is 19.5. The summed E-state index contributed by atoms with van der Waals surface area (Å²) in [6.45, 7) is 2.72. The van der Waals surface area contributed by atoms with Crippen LogP contribution in [0.15, 0.2) is 70.1 Å². The summed E-state index contributed by atoms with van der Waals surface area (Å²) >= 11 is 5.71. The minimum atomic E-state index is -0.197. The average Bonchev–Trinajstić information content (AvgIpc) is 3.31. The van der Waals surface area contributed by atoms with Gasteiger partial charge in [0.15, 0.2) is 16.6 Å². The van der Waals surface area contributed by atoms with Crippen molar-refractivity contribution < 1.29 is 13.9 Å². The Balaban J connectivity index is 1.66. The Morgan fingerprint density at radius 3 is 2.55 bits per heavy atom. The van der Waals surface area contributed by atoms with Gasteiger partial charge in [-0.2, -0.15) is 0 Å². The lowest BCUT2D eigenvalue weighted by Crippen LogP contribution is -2.35. The van der Waals surface area contributed by atoms with Gasteiger partial charge in [0.2, 0.25) is 0 Å². The third-order valence-electron chi connectivity index (χ3n) is 5.27. The zero-order chi connectivity index (χ0) is 23.4. The fraction of sp³-hybridized carbons (Fsp3) is 0.200. The smallest absolute Gasteiger partial charge is 0.253 e. The summed E-state index contributed by atoms with van der Waals surface area (Å²) in [5.41, 5.74) is 3.04. The van der Waals surface area contributed by atoms with Crippen molar-refractivity contribution in [2.45, 2.75) is 20.0 Å². The van der Waals surface area contributed by atoms with Gasteiger partial charge in [-0.15, -0.1) is 0 Å². The first-order chi connectivity index (χ1) is 16.0. The molecule has 33 heavy (non-hydrogen) atoms. The molecule has 4 aromatic rings. The summed E-state index contributed by atoms with van der Waals surface area (Å²) in [6, 6.07) is 17.1. The quantitative estimate of drug-likeness (QED) is 0.380. The molecule has 2 heterocycles. The summed E-state index contributed by atoms with van der Waals surface area (Å²) in [6.07, 6.45) is 1.62. The van der Waals surface area contributed by atoms with Crippen LogP contribution in [0.5, 0.6) is 11.5 Å². The van der Waals surface area contributed by atoms with Crippen molar-refractivity contribution in [3.05, 3.63) is 88.1 Å². The standard InChI is InChI=1S/C25H25N3O4S/c1-16-6-4-7-19(10-16)26-25(33)28(15-20-8-5-9-32-20)14-18-11-17-12-22(30-2)23(31-3)13-21(17)27-24(18)29/h4-13H,14-15H2,1-3H3,(H,26,33)(H,27,29). The second kappa shape index (κ2) is 9.79. The number of ether oxygens (including phenoxy) is 2. The maximum atomic E-state index is 12.9. The molecule has 7 nitrogen and oxygen atoms in total. The van der Waals surface area contributed by atoms with Crippen LogP contribution in [0.3, 0.4) is 0 Å². The number of benzene rings is 2. The number of aryl methyl sites for hydroxylation is 1. The Morgan fingerprint density at radius 1 is 1.06 bits per heavy atom. The van der Waals surface area contributed by atoms with E-state index in [1.807, 2.05) is 60.4 Å². The minimum Gasteiger partial charge on any atom is -0.493 e. The van der Waals surface area contributed by atoms with Gasteiger partial charge < -0.3 is 29.1 Å². The van der Waals surface area contributed by atoms with Crippen molar-refractivity contribution in [1.82, 2.24) is 9.88 Å². The summed E-state index contributed by atoms with van der Waals surface area (Å²) in [5, 5.41) is 4.59. The second-order valence-electron chi connectivity index (χ2n) is 7.65. The van der Waals surface area contributed by atoms with Gasteiger partial charge in [-0.25, -0.2) is 0 Å². The van der Waals surface area contributed by atoms with Crippen molar-refractivity contribution in [3.8, 4) is 11.5 Å². The first-order valence-electron chi connectivity index (χ1n) is 10.4. The maximum Gasteiger partial charge on any atom is 0.253 e. The van der Waals surface area contributed by atoms with Crippen LogP contribution in [0.25, 0.3) is 10.9 Å². The highest BCUT2D eigenvalue weighted by atomic mass is 32.1. The number of methoxy groups -OCH3 is 2. The number of nitrogens with one attached hydrogen (secondary N) is 2. The highest BCUT2D eigenvalue weighted by molar-refractivity contribution is 7.80. The molecule has 0 unspecified atom stereocenters. The van der Waals surface area contributed by atoms with Crippen LogP contribution >= 0.6 is 12.2 Å². The van der Waals surface area contributed by atoms with E-state index in [1.54, 1.807) is 26.5 Å². The minimum absolute atomic E-state index is 0.197. The first-order valence-corrected chi connectivity index (χ1v) is 10.8. The summed E-state index contributed by atoms with van der Waals surface area (Å²) in [5.74, 6) is 1.88. The number of aromatic nitrogens is 1. The number of thiocarbonyl (C=S) groups is 1. The molecule has 0 fully saturated rings. The molecule has 2 aromatic heterocycles. The number of rotatable bonds is 7. The molecule has 0 aliphatic rings. The molecule has 2 aromatic carbocycles. The van der Waals surface area contributed by atoms with Crippen molar-refractivity contribution in [2.75, 3.05) is 19.5 Å². The van der Waals surface area contributed by atoms with Crippen LogP contribution < -0.4 is 20.3 Å².